The second-order valence-corrected chi connectivity index (χ2v) is 5.22. The van der Waals surface area contributed by atoms with E-state index in [9.17, 15) is 5.11 Å². The van der Waals surface area contributed by atoms with Crippen molar-refractivity contribution in [1.29, 1.82) is 0 Å². The van der Waals surface area contributed by atoms with E-state index >= 15 is 0 Å². The van der Waals surface area contributed by atoms with Gasteiger partial charge in [0.15, 0.2) is 5.15 Å². The lowest BCUT2D eigenvalue weighted by atomic mass is 10.1. The maximum Gasteiger partial charge on any atom is 0.150 e. The Morgan fingerprint density at radius 1 is 1.28 bits per heavy atom. The van der Waals surface area contributed by atoms with Gasteiger partial charge in [0.2, 0.25) is 0 Å². The third kappa shape index (κ3) is 1.92. The van der Waals surface area contributed by atoms with E-state index < -0.39 is 0 Å². The van der Waals surface area contributed by atoms with E-state index in [0.717, 1.165) is 29.9 Å². The summed E-state index contributed by atoms with van der Waals surface area (Å²) in [5.74, 6) is 0.736. The minimum Gasteiger partial charge on any atom is -0.391 e. The predicted octanol–water partition coefficient (Wildman–Crippen LogP) is 3.16. The number of nitrogens with zero attached hydrogens (tertiary/aromatic N) is 2. The van der Waals surface area contributed by atoms with Crippen LogP contribution >= 0.6 is 23.2 Å². The molecule has 1 N–H and O–H groups in total. The summed E-state index contributed by atoms with van der Waals surface area (Å²) in [5, 5.41) is 10.9. The van der Waals surface area contributed by atoms with Gasteiger partial charge < -0.3 is 9.67 Å². The van der Waals surface area contributed by atoms with Crippen LogP contribution in [0.15, 0.2) is 24.3 Å². The second-order valence-electron chi connectivity index (χ2n) is 4.46. The van der Waals surface area contributed by atoms with Gasteiger partial charge >= 0.3 is 0 Å². The number of hydrogen-bond donors (Lipinski definition) is 1. The van der Waals surface area contributed by atoms with Crippen molar-refractivity contribution in [3.05, 3.63) is 40.1 Å². The first-order valence-corrected chi connectivity index (χ1v) is 6.60. The molecule has 1 unspecified atom stereocenters. The summed E-state index contributed by atoms with van der Waals surface area (Å²) in [6.07, 6.45) is 1.13. The highest BCUT2D eigenvalue weighted by Crippen LogP contribution is 2.33. The Balaban J connectivity index is 2.17. The number of halogens is 2. The molecule has 0 saturated heterocycles. The van der Waals surface area contributed by atoms with Crippen LogP contribution in [-0.2, 0) is 13.0 Å². The summed E-state index contributed by atoms with van der Waals surface area (Å²) in [6.45, 7) is 0.523. The Bertz CT molecular complexity index is 595. The van der Waals surface area contributed by atoms with Crippen molar-refractivity contribution >= 4 is 23.2 Å². The summed E-state index contributed by atoms with van der Waals surface area (Å²) in [5.41, 5.74) is 1.83. The molecule has 0 amide bonds. The fraction of sp³-hybridized carbons (Fsp3) is 0.308. The summed E-state index contributed by atoms with van der Waals surface area (Å²) in [4.78, 5) is 4.39. The highest BCUT2D eigenvalue weighted by atomic mass is 35.5. The van der Waals surface area contributed by atoms with Gasteiger partial charge in [-0.15, -0.1) is 0 Å². The van der Waals surface area contributed by atoms with Crippen molar-refractivity contribution in [2.75, 3.05) is 0 Å². The molecule has 18 heavy (non-hydrogen) atoms. The van der Waals surface area contributed by atoms with Gasteiger partial charge in [-0.05, 0) is 25.0 Å². The summed E-state index contributed by atoms with van der Waals surface area (Å²) < 4.78 is 1.97. The molecule has 5 heteroatoms. The molecule has 94 valence electrons. The first-order valence-electron chi connectivity index (χ1n) is 5.84. The third-order valence-corrected chi connectivity index (χ3v) is 3.88. The van der Waals surface area contributed by atoms with Crippen molar-refractivity contribution in [2.24, 2.45) is 0 Å². The van der Waals surface area contributed by atoms with Crippen molar-refractivity contribution in [3.63, 3.8) is 0 Å². The van der Waals surface area contributed by atoms with Gasteiger partial charge in [-0.1, -0.05) is 35.3 Å². The van der Waals surface area contributed by atoms with Crippen LogP contribution in [0.4, 0.5) is 0 Å². The fourth-order valence-corrected chi connectivity index (χ4v) is 2.84. The number of hydrogen-bond acceptors (Lipinski definition) is 2. The van der Waals surface area contributed by atoms with E-state index in [1.807, 2.05) is 28.8 Å². The Labute approximate surface area is 115 Å². The van der Waals surface area contributed by atoms with Crippen LogP contribution in [0.25, 0.3) is 11.4 Å². The summed E-state index contributed by atoms with van der Waals surface area (Å²) in [7, 11) is 0. The zero-order chi connectivity index (χ0) is 12.7. The number of aromatic nitrogens is 2. The standard InChI is InChI=1S/C13H12Cl2N2O/c14-10-4-2-1-3-9(10)13-16-12(15)11-6-5-8(18)7-17(11)13/h1-4,8,18H,5-7H2. The Morgan fingerprint density at radius 3 is 2.83 bits per heavy atom. The van der Waals surface area contributed by atoms with Crippen molar-refractivity contribution in [3.8, 4) is 11.4 Å². The zero-order valence-corrected chi connectivity index (χ0v) is 11.1. The molecule has 3 rings (SSSR count). The Morgan fingerprint density at radius 2 is 2.06 bits per heavy atom. The predicted molar refractivity (Wildman–Crippen MR) is 72.0 cm³/mol. The van der Waals surface area contributed by atoms with Crippen molar-refractivity contribution in [1.82, 2.24) is 9.55 Å². The number of fused-ring (bicyclic) bond motifs is 1. The third-order valence-electron chi connectivity index (χ3n) is 3.25. The van der Waals surface area contributed by atoms with Gasteiger partial charge in [0.1, 0.15) is 5.82 Å². The molecule has 3 nitrogen and oxygen atoms in total. The second kappa shape index (κ2) is 4.57. The van der Waals surface area contributed by atoms with E-state index in [4.69, 9.17) is 23.2 Å². The zero-order valence-electron chi connectivity index (χ0n) is 9.61. The van der Waals surface area contributed by atoms with E-state index in [1.54, 1.807) is 0 Å². The highest BCUT2D eigenvalue weighted by molar-refractivity contribution is 6.33. The molecule has 1 aliphatic rings. The molecule has 0 saturated carbocycles. The van der Waals surface area contributed by atoms with Gasteiger partial charge in [-0.25, -0.2) is 4.98 Å². The Kier molecular flexibility index (Phi) is 3.06. The van der Waals surface area contributed by atoms with Crippen molar-refractivity contribution in [2.45, 2.75) is 25.5 Å². The van der Waals surface area contributed by atoms with Gasteiger partial charge in [0, 0.05) is 5.56 Å². The molecule has 1 aliphatic heterocycles. The average Bonchev–Trinajstić information content (AvgIpc) is 2.67. The van der Waals surface area contributed by atoms with Crippen LogP contribution in [0.2, 0.25) is 10.2 Å². The van der Waals surface area contributed by atoms with Gasteiger partial charge in [-0.2, -0.15) is 0 Å². The molecular formula is C13H12Cl2N2O. The number of benzene rings is 1. The minimum absolute atomic E-state index is 0.344. The molecule has 1 atom stereocenters. The molecule has 1 aromatic heterocycles. The average molecular weight is 283 g/mol. The molecule has 2 aromatic rings. The van der Waals surface area contributed by atoms with Gasteiger partial charge in [0.25, 0.3) is 0 Å². The largest absolute Gasteiger partial charge is 0.391 e. The first-order chi connectivity index (χ1) is 8.66. The van der Waals surface area contributed by atoms with Crippen LogP contribution in [0.5, 0.6) is 0 Å². The lowest BCUT2D eigenvalue weighted by Gasteiger charge is -2.21. The fourth-order valence-electron chi connectivity index (χ4n) is 2.35. The van der Waals surface area contributed by atoms with E-state index in [-0.39, 0.29) is 6.10 Å². The lowest BCUT2D eigenvalue weighted by Crippen LogP contribution is -2.24. The molecule has 0 bridgehead atoms. The molecule has 2 heterocycles. The minimum atomic E-state index is -0.344. The topological polar surface area (TPSA) is 38.1 Å². The van der Waals surface area contributed by atoms with Crippen LogP contribution in [0, 0.1) is 0 Å². The Hall–Kier alpha value is -1.03. The van der Waals surface area contributed by atoms with E-state index in [2.05, 4.69) is 4.98 Å². The molecule has 0 fully saturated rings. The van der Waals surface area contributed by atoms with Crippen molar-refractivity contribution < 1.29 is 5.11 Å². The molecular weight excluding hydrogens is 271 g/mol. The quantitative estimate of drug-likeness (QED) is 0.873. The highest BCUT2D eigenvalue weighted by Gasteiger charge is 2.24. The number of imidazole rings is 1. The van der Waals surface area contributed by atoms with Crippen LogP contribution in [0.1, 0.15) is 12.1 Å². The number of aliphatic hydroxyl groups is 1. The van der Waals surface area contributed by atoms with Crippen LogP contribution < -0.4 is 0 Å². The van der Waals surface area contributed by atoms with Gasteiger partial charge in [-0.3, -0.25) is 0 Å². The molecule has 0 aliphatic carbocycles. The summed E-state index contributed by atoms with van der Waals surface area (Å²) >= 11 is 12.3. The summed E-state index contributed by atoms with van der Waals surface area (Å²) in [6, 6.07) is 7.53. The smallest absolute Gasteiger partial charge is 0.150 e. The van der Waals surface area contributed by atoms with Gasteiger partial charge in [0.05, 0.1) is 23.4 Å². The lowest BCUT2D eigenvalue weighted by molar-refractivity contribution is 0.132. The van der Waals surface area contributed by atoms with Crippen LogP contribution in [-0.4, -0.2) is 20.8 Å². The number of aliphatic hydroxyl groups excluding tert-OH is 1. The normalized spacial score (nSPS) is 18.7. The number of rotatable bonds is 1. The van der Waals surface area contributed by atoms with E-state index in [0.29, 0.717) is 16.7 Å². The molecule has 1 aromatic carbocycles. The first kappa shape index (κ1) is 12.0. The van der Waals surface area contributed by atoms with E-state index in [1.165, 1.54) is 0 Å². The SMILES string of the molecule is OC1CCc2c(Cl)nc(-c3ccccc3Cl)n2C1. The molecule has 0 spiro atoms. The maximum absolute atomic E-state index is 9.78. The monoisotopic (exact) mass is 282 g/mol. The maximum atomic E-state index is 9.78. The molecule has 0 radical (unpaired) electrons. The van der Waals surface area contributed by atoms with Crippen LogP contribution in [0.3, 0.4) is 0 Å².